The van der Waals surface area contributed by atoms with Crippen LogP contribution in [0.3, 0.4) is 0 Å². The molecule has 5 aromatic carbocycles. The first-order valence-corrected chi connectivity index (χ1v) is 17.7. The fourth-order valence-electron chi connectivity index (χ4n) is 5.30. The van der Waals surface area contributed by atoms with E-state index in [0.29, 0.717) is 28.6 Å². The Kier molecular flexibility index (Phi) is 11.0. The van der Waals surface area contributed by atoms with Gasteiger partial charge in [0.05, 0.1) is 18.1 Å². The number of methoxy groups -OCH3 is 1. The summed E-state index contributed by atoms with van der Waals surface area (Å²) >= 11 is 2.75. The van der Waals surface area contributed by atoms with E-state index in [4.69, 9.17) is 4.74 Å². The number of benzene rings is 5. The Hall–Kier alpha value is -5.71. The van der Waals surface area contributed by atoms with Gasteiger partial charge in [0.2, 0.25) is 5.91 Å². The topological polar surface area (TPSA) is 109 Å². The number of nitrogens with zero attached hydrogens (tertiary/aromatic N) is 1. The van der Waals surface area contributed by atoms with Gasteiger partial charge in [-0.15, -0.1) is 23.1 Å². The smallest absolute Gasteiger partial charge is 0.272 e. The number of anilines is 2. The standard InChI is InChI=1S/C40H34N4O4S2/c1-3-36(39(47)44-40-43-34(25-49-40)32-21-9-10-22-35(32)48-2)50-30-19-12-18-29(24-30)41-38(46)33(42-37(45)27-14-5-4-6-15-27)23-28-17-11-16-26-13-7-8-20-31(26)28/h4-25,36H,3H2,1-2H3,(H,41,46)(H,42,45)(H,43,44,47)/b33-23+. The van der Waals surface area contributed by atoms with E-state index in [1.54, 1.807) is 43.5 Å². The van der Waals surface area contributed by atoms with Gasteiger partial charge in [-0.1, -0.05) is 85.8 Å². The number of aromatic nitrogens is 1. The number of nitrogens with one attached hydrogen (secondary N) is 3. The molecule has 3 amide bonds. The highest BCUT2D eigenvalue weighted by Gasteiger charge is 2.21. The van der Waals surface area contributed by atoms with Gasteiger partial charge in [0, 0.05) is 27.1 Å². The van der Waals surface area contributed by atoms with Crippen LogP contribution in [0.4, 0.5) is 10.8 Å². The van der Waals surface area contributed by atoms with Crippen molar-refractivity contribution in [2.75, 3.05) is 17.7 Å². The highest BCUT2D eigenvalue weighted by atomic mass is 32.2. The minimum atomic E-state index is -0.483. The first kappa shape index (κ1) is 34.2. The maximum Gasteiger partial charge on any atom is 0.272 e. The molecule has 0 saturated carbocycles. The summed E-state index contributed by atoms with van der Waals surface area (Å²) in [7, 11) is 1.61. The van der Waals surface area contributed by atoms with Crippen LogP contribution in [0.15, 0.2) is 137 Å². The second-order valence-corrected chi connectivity index (χ2v) is 13.3. The van der Waals surface area contributed by atoms with Crippen LogP contribution in [0.25, 0.3) is 28.1 Å². The quantitative estimate of drug-likeness (QED) is 0.0870. The van der Waals surface area contributed by atoms with Crippen LogP contribution in [-0.4, -0.2) is 35.1 Å². The van der Waals surface area contributed by atoms with Crippen LogP contribution >= 0.6 is 23.1 Å². The maximum absolute atomic E-state index is 13.8. The molecule has 1 unspecified atom stereocenters. The third-order valence-electron chi connectivity index (χ3n) is 7.80. The monoisotopic (exact) mass is 698 g/mol. The summed E-state index contributed by atoms with van der Waals surface area (Å²) < 4.78 is 5.46. The van der Waals surface area contributed by atoms with Gasteiger partial charge in [-0.05, 0) is 71.3 Å². The molecule has 0 aliphatic heterocycles. The van der Waals surface area contributed by atoms with Crippen molar-refractivity contribution < 1.29 is 19.1 Å². The predicted octanol–water partition coefficient (Wildman–Crippen LogP) is 8.89. The molecule has 0 radical (unpaired) electrons. The minimum absolute atomic E-state index is 0.0926. The van der Waals surface area contributed by atoms with Crippen LogP contribution in [0, 0.1) is 0 Å². The third kappa shape index (κ3) is 8.28. The van der Waals surface area contributed by atoms with Gasteiger partial charge in [0.1, 0.15) is 11.4 Å². The van der Waals surface area contributed by atoms with Crippen molar-refractivity contribution in [1.29, 1.82) is 0 Å². The number of amides is 3. The van der Waals surface area contributed by atoms with Crippen LogP contribution in [0.2, 0.25) is 0 Å². The molecular formula is C40H34N4O4S2. The van der Waals surface area contributed by atoms with Crippen LogP contribution in [0.5, 0.6) is 5.75 Å². The first-order chi connectivity index (χ1) is 24.4. The lowest BCUT2D eigenvalue weighted by atomic mass is 10.0. The molecule has 0 aliphatic rings. The summed E-state index contributed by atoms with van der Waals surface area (Å²) in [6.07, 6.45) is 2.26. The van der Waals surface area contributed by atoms with Crippen molar-refractivity contribution >= 4 is 68.5 Å². The Labute approximate surface area is 298 Å². The molecule has 1 aromatic heterocycles. The number of rotatable bonds is 12. The largest absolute Gasteiger partial charge is 0.496 e. The van der Waals surface area contributed by atoms with Gasteiger partial charge in [0.15, 0.2) is 5.13 Å². The Morgan fingerprint density at radius 3 is 2.42 bits per heavy atom. The number of fused-ring (bicyclic) bond motifs is 1. The van der Waals surface area contributed by atoms with Gasteiger partial charge in [0.25, 0.3) is 11.8 Å². The molecule has 250 valence electrons. The Bertz CT molecular complexity index is 2180. The fourth-order valence-corrected chi connectivity index (χ4v) is 7.03. The molecule has 0 bridgehead atoms. The lowest BCUT2D eigenvalue weighted by molar-refractivity contribution is -0.116. The summed E-state index contributed by atoms with van der Waals surface area (Å²) in [5, 5.41) is 12.7. The summed E-state index contributed by atoms with van der Waals surface area (Å²) in [6.45, 7) is 1.95. The van der Waals surface area contributed by atoms with Crippen molar-refractivity contribution in [3.63, 3.8) is 0 Å². The van der Waals surface area contributed by atoms with Crippen LogP contribution in [0.1, 0.15) is 29.3 Å². The van der Waals surface area contributed by atoms with Gasteiger partial charge in [-0.3, -0.25) is 14.4 Å². The highest BCUT2D eigenvalue weighted by Crippen LogP contribution is 2.33. The predicted molar refractivity (Wildman–Crippen MR) is 204 cm³/mol. The zero-order valence-electron chi connectivity index (χ0n) is 27.4. The molecule has 8 nitrogen and oxygen atoms in total. The average molecular weight is 699 g/mol. The number of carbonyl (C=O) groups is 3. The molecule has 0 fully saturated rings. The molecule has 1 atom stereocenters. The van der Waals surface area contributed by atoms with E-state index < -0.39 is 17.1 Å². The molecular weight excluding hydrogens is 665 g/mol. The van der Waals surface area contributed by atoms with Crippen LogP contribution in [-0.2, 0) is 9.59 Å². The molecule has 10 heteroatoms. The number of ether oxygens (including phenoxy) is 1. The number of carbonyl (C=O) groups excluding carboxylic acids is 3. The van der Waals surface area contributed by atoms with E-state index in [-0.39, 0.29) is 11.6 Å². The first-order valence-electron chi connectivity index (χ1n) is 16.0. The Balaban J connectivity index is 1.18. The zero-order valence-corrected chi connectivity index (χ0v) is 29.0. The highest BCUT2D eigenvalue weighted by molar-refractivity contribution is 8.00. The molecule has 0 saturated heterocycles. The molecule has 50 heavy (non-hydrogen) atoms. The Morgan fingerprint density at radius 1 is 0.860 bits per heavy atom. The van der Waals surface area contributed by atoms with Crippen molar-refractivity contribution in [3.05, 3.63) is 144 Å². The summed E-state index contributed by atoms with van der Waals surface area (Å²) in [6, 6.07) is 37.3. The van der Waals surface area contributed by atoms with E-state index in [1.165, 1.54) is 23.1 Å². The van der Waals surface area contributed by atoms with E-state index >= 15 is 0 Å². The second-order valence-electron chi connectivity index (χ2n) is 11.2. The average Bonchev–Trinajstić information content (AvgIpc) is 3.62. The number of hydrogen-bond acceptors (Lipinski definition) is 7. The SMILES string of the molecule is CCC(Sc1cccc(NC(=O)/C(=C\c2cccc3ccccc23)NC(=O)c2ccccc2)c1)C(=O)Nc1nc(-c2ccccc2OC)cs1. The van der Waals surface area contributed by atoms with Crippen LogP contribution < -0.4 is 20.7 Å². The van der Waals surface area contributed by atoms with Crippen molar-refractivity contribution in [3.8, 4) is 17.0 Å². The normalized spacial score (nSPS) is 11.8. The van der Waals surface area contributed by atoms with E-state index in [1.807, 2.05) is 103 Å². The summed E-state index contributed by atoms with van der Waals surface area (Å²) in [5.41, 5.74) is 3.41. The third-order valence-corrected chi connectivity index (χ3v) is 9.92. The fraction of sp³-hybridized carbons (Fsp3) is 0.100. The zero-order chi connectivity index (χ0) is 34.9. The molecule has 1 heterocycles. The Morgan fingerprint density at radius 2 is 1.60 bits per heavy atom. The van der Waals surface area contributed by atoms with Gasteiger partial charge < -0.3 is 20.7 Å². The van der Waals surface area contributed by atoms with Crippen molar-refractivity contribution in [1.82, 2.24) is 10.3 Å². The minimum Gasteiger partial charge on any atom is -0.496 e. The number of para-hydroxylation sites is 1. The van der Waals surface area contributed by atoms with Crippen molar-refractivity contribution in [2.24, 2.45) is 0 Å². The number of hydrogen-bond donors (Lipinski definition) is 3. The number of thiazole rings is 1. The lowest BCUT2D eigenvalue weighted by Gasteiger charge is -2.15. The van der Waals surface area contributed by atoms with E-state index in [9.17, 15) is 14.4 Å². The molecule has 0 aliphatic carbocycles. The molecule has 3 N–H and O–H groups in total. The maximum atomic E-state index is 13.8. The van der Waals surface area contributed by atoms with Gasteiger partial charge in [-0.25, -0.2) is 4.98 Å². The van der Waals surface area contributed by atoms with Crippen molar-refractivity contribution in [2.45, 2.75) is 23.5 Å². The molecule has 6 aromatic rings. The van der Waals surface area contributed by atoms with E-state index in [2.05, 4.69) is 20.9 Å². The summed E-state index contributed by atoms with van der Waals surface area (Å²) in [5.74, 6) is -0.344. The molecule has 6 rings (SSSR count). The molecule has 0 spiro atoms. The second kappa shape index (κ2) is 16.1. The van der Waals surface area contributed by atoms with E-state index in [0.717, 1.165) is 32.5 Å². The van der Waals surface area contributed by atoms with Gasteiger partial charge >= 0.3 is 0 Å². The number of thioether (sulfide) groups is 1. The summed E-state index contributed by atoms with van der Waals surface area (Å²) in [4.78, 5) is 45.7. The lowest BCUT2D eigenvalue weighted by Crippen LogP contribution is -2.30. The van der Waals surface area contributed by atoms with Gasteiger partial charge in [-0.2, -0.15) is 0 Å².